The van der Waals surface area contributed by atoms with Crippen molar-refractivity contribution in [3.05, 3.63) is 45.5 Å². The molecule has 2 rings (SSSR count). The molecule has 0 fully saturated rings. The maximum atomic E-state index is 12.6. The van der Waals surface area contributed by atoms with E-state index in [-0.39, 0.29) is 52.5 Å². The van der Waals surface area contributed by atoms with Crippen molar-refractivity contribution in [2.75, 3.05) is 19.8 Å². The molecule has 0 radical (unpaired) electrons. The minimum atomic E-state index is -1.19. The molecule has 1 aromatic rings. The molecule has 0 bridgehead atoms. The Morgan fingerprint density at radius 1 is 1.30 bits per heavy atom. The molecule has 0 saturated heterocycles. The summed E-state index contributed by atoms with van der Waals surface area (Å²) in [7, 11) is 0. The van der Waals surface area contributed by atoms with Crippen LogP contribution in [0.3, 0.4) is 0 Å². The fourth-order valence-electron chi connectivity index (χ4n) is 2.98. The quantitative estimate of drug-likeness (QED) is 0.588. The van der Waals surface area contributed by atoms with Gasteiger partial charge in [0, 0.05) is 0 Å². The Bertz CT molecular complexity index is 963. The highest BCUT2D eigenvalue weighted by atomic mass is 35.5. The number of esters is 1. The number of hydrogen-bond donors (Lipinski definition) is 2. The lowest BCUT2D eigenvalue weighted by molar-refractivity contribution is -0.140. The lowest BCUT2D eigenvalue weighted by Gasteiger charge is -2.27. The van der Waals surface area contributed by atoms with Gasteiger partial charge in [0.05, 0.1) is 29.7 Å². The van der Waals surface area contributed by atoms with Gasteiger partial charge in [0.2, 0.25) is 5.88 Å². The third kappa shape index (κ3) is 4.78. The number of halogens is 1. The average Bonchev–Trinajstić information content (AvgIpc) is 2.66. The number of carboxylic acids is 1. The van der Waals surface area contributed by atoms with Gasteiger partial charge in [-0.3, -0.25) is 0 Å². The average molecular weight is 437 g/mol. The van der Waals surface area contributed by atoms with Crippen molar-refractivity contribution in [1.82, 2.24) is 0 Å². The topological polar surface area (TPSA) is 141 Å². The first-order chi connectivity index (χ1) is 14.2. The van der Waals surface area contributed by atoms with Gasteiger partial charge in [-0.2, -0.15) is 5.26 Å². The van der Waals surface area contributed by atoms with Gasteiger partial charge in [-0.1, -0.05) is 11.6 Å². The van der Waals surface area contributed by atoms with Gasteiger partial charge >= 0.3 is 11.9 Å². The van der Waals surface area contributed by atoms with Crippen LogP contribution in [0.25, 0.3) is 0 Å². The largest absolute Gasteiger partial charge is 0.490 e. The zero-order valence-corrected chi connectivity index (χ0v) is 17.4. The van der Waals surface area contributed by atoms with Gasteiger partial charge in [-0.25, -0.2) is 9.59 Å². The van der Waals surface area contributed by atoms with E-state index in [0.29, 0.717) is 5.56 Å². The number of nitriles is 1. The molecule has 0 amide bonds. The lowest BCUT2D eigenvalue weighted by atomic mass is 9.83. The molecule has 1 unspecified atom stereocenters. The van der Waals surface area contributed by atoms with E-state index in [0.717, 1.165) is 0 Å². The maximum Gasteiger partial charge on any atom is 0.341 e. The van der Waals surface area contributed by atoms with Crippen LogP contribution in [0.15, 0.2) is 34.9 Å². The molecular weight excluding hydrogens is 416 g/mol. The Balaban J connectivity index is 2.67. The van der Waals surface area contributed by atoms with Crippen molar-refractivity contribution in [1.29, 1.82) is 5.26 Å². The molecule has 3 N–H and O–H groups in total. The monoisotopic (exact) mass is 436 g/mol. The molecule has 1 heterocycles. The molecule has 160 valence electrons. The summed E-state index contributed by atoms with van der Waals surface area (Å²) in [6.07, 6.45) is 0. The highest BCUT2D eigenvalue weighted by Crippen LogP contribution is 2.45. The molecule has 1 atom stereocenters. The lowest BCUT2D eigenvalue weighted by Crippen LogP contribution is -2.25. The number of carboxylic acid groups (broad SMARTS) is 1. The molecule has 1 aromatic carbocycles. The normalized spacial score (nSPS) is 15.9. The number of allylic oxidation sites excluding steroid dienone is 2. The fourth-order valence-corrected chi connectivity index (χ4v) is 3.25. The van der Waals surface area contributed by atoms with Gasteiger partial charge in [0.25, 0.3) is 0 Å². The van der Waals surface area contributed by atoms with Gasteiger partial charge in [0.15, 0.2) is 18.1 Å². The summed E-state index contributed by atoms with van der Waals surface area (Å²) in [6.45, 7) is 4.65. The fraction of sp³-hybridized carbons (Fsp3) is 0.350. The summed E-state index contributed by atoms with van der Waals surface area (Å²) in [4.78, 5) is 23.5. The number of nitrogens with zero attached hydrogens (tertiary/aromatic N) is 1. The van der Waals surface area contributed by atoms with Crippen molar-refractivity contribution >= 4 is 23.5 Å². The Morgan fingerprint density at radius 3 is 2.57 bits per heavy atom. The molecular formula is C20H21ClN2O7. The second kappa shape index (κ2) is 9.89. The summed E-state index contributed by atoms with van der Waals surface area (Å²) in [6, 6.07) is 4.94. The van der Waals surface area contributed by atoms with E-state index >= 15 is 0 Å². The van der Waals surface area contributed by atoms with Gasteiger partial charge in [0.1, 0.15) is 17.4 Å². The van der Waals surface area contributed by atoms with Crippen molar-refractivity contribution < 1.29 is 33.6 Å². The van der Waals surface area contributed by atoms with Crippen LogP contribution in [0.4, 0.5) is 0 Å². The van der Waals surface area contributed by atoms with Gasteiger partial charge in [-0.05, 0) is 38.5 Å². The smallest absolute Gasteiger partial charge is 0.341 e. The molecule has 1 aliphatic heterocycles. The third-order valence-electron chi connectivity index (χ3n) is 4.11. The standard InChI is InChI=1S/C20H21ClN2O7/c1-4-27-14-7-11(6-13(21)18(14)29-9-15(24)25)17-12(8-22)19(23)30-10(3)16(17)20(26)28-5-2/h6-7,17H,4-5,9,23H2,1-3H3,(H,24,25). The first-order valence-electron chi connectivity index (χ1n) is 9.01. The van der Waals surface area contributed by atoms with E-state index in [1.54, 1.807) is 13.8 Å². The molecule has 30 heavy (non-hydrogen) atoms. The Labute approximate surface area is 178 Å². The first kappa shape index (κ1) is 22.9. The van der Waals surface area contributed by atoms with Crippen LogP contribution in [0, 0.1) is 11.3 Å². The maximum absolute atomic E-state index is 12.6. The highest BCUT2D eigenvalue weighted by Gasteiger charge is 2.37. The van der Waals surface area contributed by atoms with Crippen LogP contribution in [0.2, 0.25) is 5.02 Å². The summed E-state index contributed by atoms with van der Waals surface area (Å²) in [5.74, 6) is -2.54. The van der Waals surface area contributed by atoms with Crippen molar-refractivity contribution in [3.63, 3.8) is 0 Å². The van der Waals surface area contributed by atoms with Crippen molar-refractivity contribution in [2.24, 2.45) is 5.73 Å². The van der Waals surface area contributed by atoms with E-state index in [1.165, 1.54) is 19.1 Å². The van der Waals surface area contributed by atoms with Crippen LogP contribution in [0.5, 0.6) is 11.5 Å². The number of aliphatic carboxylic acids is 1. The Hall–Kier alpha value is -3.38. The van der Waals surface area contributed by atoms with Crippen LogP contribution in [0.1, 0.15) is 32.3 Å². The molecule has 0 aromatic heterocycles. The number of benzene rings is 1. The molecule has 9 nitrogen and oxygen atoms in total. The van der Waals surface area contributed by atoms with Crippen molar-refractivity contribution in [3.8, 4) is 17.6 Å². The summed E-state index contributed by atoms with van der Waals surface area (Å²) in [5.41, 5.74) is 6.38. The number of nitrogens with two attached hydrogens (primary N) is 1. The van der Waals surface area contributed by atoms with E-state index < -0.39 is 24.5 Å². The Morgan fingerprint density at radius 2 is 2.00 bits per heavy atom. The molecule has 0 spiro atoms. The highest BCUT2D eigenvalue weighted by molar-refractivity contribution is 6.32. The van der Waals surface area contributed by atoms with Crippen LogP contribution < -0.4 is 15.2 Å². The zero-order valence-electron chi connectivity index (χ0n) is 16.7. The van der Waals surface area contributed by atoms with Crippen LogP contribution >= 0.6 is 11.6 Å². The number of carbonyl (C=O) groups excluding carboxylic acids is 1. The number of hydrogen-bond acceptors (Lipinski definition) is 8. The zero-order chi connectivity index (χ0) is 22.4. The second-order valence-corrected chi connectivity index (χ2v) is 6.47. The predicted molar refractivity (Wildman–Crippen MR) is 106 cm³/mol. The number of carbonyl (C=O) groups is 2. The summed E-state index contributed by atoms with van der Waals surface area (Å²) < 4.78 is 21.3. The minimum Gasteiger partial charge on any atom is -0.490 e. The molecule has 0 aliphatic carbocycles. The number of rotatable bonds is 8. The van der Waals surface area contributed by atoms with Crippen LogP contribution in [-0.4, -0.2) is 36.9 Å². The minimum absolute atomic E-state index is 0.00127. The SMILES string of the molecule is CCOC(=O)C1=C(C)OC(N)=C(C#N)C1c1cc(Cl)c(OCC(=O)O)c(OCC)c1. The van der Waals surface area contributed by atoms with Crippen molar-refractivity contribution in [2.45, 2.75) is 26.7 Å². The van der Waals surface area contributed by atoms with Crippen LogP contribution in [-0.2, 0) is 19.1 Å². The number of ether oxygens (including phenoxy) is 4. The summed E-state index contributed by atoms with van der Waals surface area (Å²) in [5, 5.41) is 18.6. The van der Waals surface area contributed by atoms with E-state index in [2.05, 4.69) is 0 Å². The van der Waals surface area contributed by atoms with Gasteiger partial charge in [-0.15, -0.1) is 0 Å². The summed E-state index contributed by atoms with van der Waals surface area (Å²) >= 11 is 6.33. The third-order valence-corrected chi connectivity index (χ3v) is 4.39. The molecule has 0 saturated carbocycles. The van der Waals surface area contributed by atoms with E-state index in [4.69, 9.17) is 41.4 Å². The molecule has 1 aliphatic rings. The molecule has 10 heteroatoms. The first-order valence-corrected chi connectivity index (χ1v) is 9.39. The Kier molecular flexibility index (Phi) is 7.55. The van der Waals surface area contributed by atoms with Gasteiger partial charge < -0.3 is 29.8 Å². The van der Waals surface area contributed by atoms with E-state index in [9.17, 15) is 14.9 Å². The van der Waals surface area contributed by atoms with E-state index in [1.807, 2.05) is 6.07 Å². The second-order valence-electron chi connectivity index (χ2n) is 6.06. The predicted octanol–water partition coefficient (Wildman–Crippen LogP) is 2.85.